The SMILES string of the molecule is Cc1cc(F)ccc1C[C@H](N)COc1cncc(-c2cc3c(C)[nH]nc3cn2)c1. The van der Waals surface area contributed by atoms with Crippen LogP contribution in [0.3, 0.4) is 0 Å². The average molecular weight is 391 g/mol. The zero-order chi connectivity index (χ0) is 20.4. The van der Waals surface area contributed by atoms with Crippen molar-refractivity contribution >= 4 is 10.9 Å². The molecule has 6 nitrogen and oxygen atoms in total. The summed E-state index contributed by atoms with van der Waals surface area (Å²) in [6.07, 6.45) is 5.75. The van der Waals surface area contributed by atoms with Crippen LogP contribution in [-0.2, 0) is 6.42 Å². The third kappa shape index (κ3) is 4.25. The fraction of sp³-hybridized carbons (Fsp3) is 0.227. The third-order valence-corrected chi connectivity index (χ3v) is 4.89. The van der Waals surface area contributed by atoms with E-state index in [4.69, 9.17) is 10.5 Å². The number of halogens is 1. The number of benzene rings is 1. The topological polar surface area (TPSA) is 89.7 Å². The Hall–Kier alpha value is -3.32. The molecule has 0 aliphatic carbocycles. The van der Waals surface area contributed by atoms with Gasteiger partial charge in [-0.3, -0.25) is 15.1 Å². The van der Waals surface area contributed by atoms with Crippen molar-refractivity contribution in [3.05, 3.63) is 71.6 Å². The van der Waals surface area contributed by atoms with Crippen molar-refractivity contribution in [1.29, 1.82) is 0 Å². The number of rotatable bonds is 6. The van der Waals surface area contributed by atoms with Crippen molar-refractivity contribution in [2.75, 3.05) is 6.61 Å². The highest BCUT2D eigenvalue weighted by atomic mass is 19.1. The number of nitrogens with two attached hydrogens (primary N) is 1. The number of ether oxygens (including phenoxy) is 1. The van der Waals surface area contributed by atoms with Crippen LogP contribution >= 0.6 is 0 Å². The van der Waals surface area contributed by atoms with E-state index in [1.807, 2.05) is 26.0 Å². The molecule has 0 aliphatic heterocycles. The van der Waals surface area contributed by atoms with Gasteiger partial charge in [-0.25, -0.2) is 4.39 Å². The van der Waals surface area contributed by atoms with E-state index in [2.05, 4.69) is 20.2 Å². The number of aromatic amines is 1. The Morgan fingerprint density at radius 2 is 2.00 bits per heavy atom. The molecule has 148 valence electrons. The molecule has 0 bridgehead atoms. The van der Waals surface area contributed by atoms with Crippen LogP contribution in [-0.4, -0.2) is 32.8 Å². The van der Waals surface area contributed by atoms with Gasteiger partial charge in [-0.15, -0.1) is 0 Å². The fourth-order valence-corrected chi connectivity index (χ4v) is 3.27. The summed E-state index contributed by atoms with van der Waals surface area (Å²) in [7, 11) is 0. The van der Waals surface area contributed by atoms with Crippen LogP contribution in [0.25, 0.3) is 22.2 Å². The molecular weight excluding hydrogens is 369 g/mol. The maximum absolute atomic E-state index is 13.2. The Kier molecular flexibility index (Phi) is 5.22. The van der Waals surface area contributed by atoms with Crippen molar-refractivity contribution < 1.29 is 9.13 Å². The van der Waals surface area contributed by atoms with E-state index in [1.165, 1.54) is 12.1 Å². The Balaban J connectivity index is 1.45. The summed E-state index contributed by atoms with van der Waals surface area (Å²) in [4.78, 5) is 8.73. The predicted octanol–water partition coefficient (Wildman–Crippen LogP) is 3.72. The van der Waals surface area contributed by atoms with E-state index in [1.54, 1.807) is 24.7 Å². The minimum absolute atomic E-state index is 0.217. The van der Waals surface area contributed by atoms with Gasteiger partial charge in [-0.2, -0.15) is 5.10 Å². The van der Waals surface area contributed by atoms with E-state index in [0.717, 1.165) is 39.0 Å². The Morgan fingerprint density at radius 1 is 1.14 bits per heavy atom. The van der Waals surface area contributed by atoms with Gasteiger partial charge in [-0.05, 0) is 55.7 Å². The normalized spacial score (nSPS) is 12.3. The van der Waals surface area contributed by atoms with Crippen LogP contribution in [0.1, 0.15) is 16.8 Å². The molecule has 1 atom stereocenters. The first-order chi connectivity index (χ1) is 14.0. The van der Waals surface area contributed by atoms with Gasteiger partial charge in [0.1, 0.15) is 23.7 Å². The molecule has 0 fully saturated rings. The molecule has 4 rings (SSSR count). The van der Waals surface area contributed by atoms with Crippen molar-refractivity contribution in [3.63, 3.8) is 0 Å². The molecule has 7 heteroatoms. The number of hydrogen-bond acceptors (Lipinski definition) is 5. The monoisotopic (exact) mass is 391 g/mol. The van der Waals surface area contributed by atoms with Gasteiger partial charge in [0.15, 0.2) is 0 Å². The number of aromatic nitrogens is 4. The van der Waals surface area contributed by atoms with Crippen molar-refractivity contribution in [3.8, 4) is 17.0 Å². The molecule has 0 unspecified atom stereocenters. The van der Waals surface area contributed by atoms with Gasteiger partial charge in [-0.1, -0.05) is 6.07 Å². The summed E-state index contributed by atoms with van der Waals surface area (Å²) >= 11 is 0. The van der Waals surface area contributed by atoms with E-state index in [0.29, 0.717) is 18.8 Å². The lowest BCUT2D eigenvalue weighted by Gasteiger charge is -2.15. The number of fused-ring (bicyclic) bond motifs is 1. The van der Waals surface area contributed by atoms with Crippen molar-refractivity contribution in [1.82, 2.24) is 20.2 Å². The summed E-state index contributed by atoms with van der Waals surface area (Å²) in [5.74, 6) is 0.385. The molecule has 4 aromatic rings. The third-order valence-electron chi connectivity index (χ3n) is 4.89. The highest BCUT2D eigenvalue weighted by Gasteiger charge is 2.10. The Morgan fingerprint density at radius 3 is 2.83 bits per heavy atom. The molecule has 1 aromatic carbocycles. The minimum atomic E-state index is -0.239. The number of H-pyrrole nitrogens is 1. The van der Waals surface area contributed by atoms with Crippen LogP contribution < -0.4 is 10.5 Å². The maximum atomic E-state index is 13.2. The van der Waals surface area contributed by atoms with E-state index in [9.17, 15) is 4.39 Å². The first-order valence-corrected chi connectivity index (χ1v) is 9.39. The number of nitrogens with zero attached hydrogens (tertiary/aromatic N) is 3. The van der Waals surface area contributed by atoms with Crippen LogP contribution in [0.4, 0.5) is 4.39 Å². The maximum Gasteiger partial charge on any atom is 0.138 e. The van der Waals surface area contributed by atoms with E-state index < -0.39 is 0 Å². The first-order valence-electron chi connectivity index (χ1n) is 9.39. The number of aryl methyl sites for hydroxylation is 2. The van der Waals surface area contributed by atoms with Gasteiger partial charge in [0, 0.05) is 28.9 Å². The largest absolute Gasteiger partial charge is 0.490 e. The molecule has 3 N–H and O–H groups in total. The molecule has 29 heavy (non-hydrogen) atoms. The number of nitrogens with one attached hydrogen (secondary N) is 1. The summed E-state index contributed by atoms with van der Waals surface area (Å²) in [6.45, 7) is 4.18. The second-order valence-corrected chi connectivity index (χ2v) is 7.19. The number of pyridine rings is 2. The second kappa shape index (κ2) is 7.97. The van der Waals surface area contributed by atoms with Gasteiger partial charge in [0.25, 0.3) is 0 Å². The van der Waals surface area contributed by atoms with Gasteiger partial charge >= 0.3 is 0 Å². The molecular formula is C22H22FN5O. The van der Waals surface area contributed by atoms with Crippen LogP contribution in [0.5, 0.6) is 5.75 Å². The summed E-state index contributed by atoms with van der Waals surface area (Å²) in [5, 5.41) is 8.19. The molecule has 0 radical (unpaired) electrons. The summed E-state index contributed by atoms with van der Waals surface area (Å²) in [5.41, 5.74) is 11.6. The standard InChI is InChI=1S/C22H22FN5O/c1-13-5-17(23)4-3-15(13)6-18(24)12-29-19-7-16(9-25-10-19)21-8-20-14(2)27-28-22(20)11-26-21/h3-5,7-11,18H,6,12,24H2,1-2H3,(H,27,28)/t18-/m0/s1. The molecule has 0 amide bonds. The quantitative estimate of drug-likeness (QED) is 0.523. The lowest BCUT2D eigenvalue weighted by molar-refractivity contribution is 0.286. The minimum Gasteiger partial charge on any atom is -0.490 e. The molecule has 0 aliphatic rings. The van der Waals surface area contributed by atoms with Crippen LogP contribution in [0.15, 0.2) is 48.9 Å². The first kappa shape index (κ1) is 19.0. The smallest absolute Gasteiger partial charge is 0.138 e. The molecule has 0 saturated carbocycles. The average Bonchev–Trinajstić information content (AvgIpc) is 3.09. The lowest BCUT2D eigenvalue weighted by Crippen LogP contribution is -2.30. The van der Waals surface area contributed by atoms with Gasteiger partial charge in [0.05, 0.1) is 18.1 Å². The van der Waals surface area contributed by atoms with Crippen molar-refractivity contribution in [2.24, 2.45) is 5.73 Å². The zero-order valence-corrected chi connectivity index (χ0v) is 16.3. The highest BCUT2D eigenvalue weighted by molar-refractivity contribution is 5.84. The van der Waals surface area contributed by atoms with E-state index >= 15 is 0 Å². The fourth-order valence-electron chi connectivity index (χ4n) is 3.27. The highest BCUT2D eigenvalue weighted by Crippen LogP contribution is 2.25. The lowest BCUT2D eigenvalue weighted by atomic mass is 10.0. The predicted molar refractivity (Wildman–Crippen MR) is 110 cm³/mol. The molecule has 0 saturated heterocycles. The van der Waals surface area contributed by atoms with E-state index in [-0.39, 0.29) is 11.9 Å². The number of hydrogen-bond donors (Lipinski definition) is 2. The zero-order valence-electron chi connectivity index (χ0n) is 16.3. The van der Waals surface area contributed by atoms with Gasteiger partial charge < -0.3 is 10.5 Å². The molecule has 0 spiro atoms. The van der Waals surface area contributed by atoms with Crippen LogP contribution in [0, 0.1) is 19.7 Å². The van der Waals surface area contributed by atoms with Crippen molar-refractivity contribution in [2.45, 2.75) is 26.3 Å². The van der Waals surface area contributed by atoms with Gasteiger partial charge in [0.2, 0.25) is 0 Å². The summed E-state index contributed by atoms with van der Waals surface area (Å²) in [6, 6.07) is 8.40. The molecule has 3 heterocycles. The van der Waals surface area contributed by atoms with Crippen LogP contribution in [0.2, 0.25) is 0 Å². The molecule has 3 aromatic heterocycles. The Labute approximate surface area is 168 Å². The Bertz CT molecular complexity index is 1160. The summed E-state index contributed by atoms with van der Waals surface area (Å²) < 4.78 is 19.1. The second-order valence-electron chi connectivity index (χ2n) is 7.19.